The van der Waals surface area contributed by atoms with E-state index in [0.717, 1.165) is 122 Å². The van der Waals surface area contributed by atoms with Crippen LogP contribution in [0.4, 0.5) is 0 Å². The van der Waals surface area contributed by atoms with E-state index < -0.39 is 6.10 Å². The van der Waals surface area contributed by atoms with Crippen molar-refractivity contribution in [3.05, 3.63) is 122 Å². The van der Waals surface area contributed by atoms with Gasteiger partial charge in [0.05, 0.1) is 0 Å². The first-order chi connectivity index (χ1) is 41.0. The smallest absolute Gasteiger partial charge is 0.306 e. The Labute approximate surface area is 513 Å². The van der Waals surface area contributed by atoms with Crippen molar-refractivity contribution in [3.8, 4) is 0 Å². The largest absolute Gasteiger partial charge is 0.462 e. The SMILES string of the molecule is CC/C=C\C/C=C\C/C=C\C/C=C\C/C=C\CCCCCCCCCCCCCCCC(=O)OCC(COC(=O)CCCCCCCCC)OC(=O)CCCCCCCCCCCCCCC/C=C\C/C=C\C/C=C\C/C=C\C/C=C\CC. The molecule has 0 spiro atoms. The first kappa shape index (κ1) is 78.8. The zero-order chi connectivity index (χ0) is 59.9. The minimum Gasteiger partial charge on any atom is -0.462 e. The van der Waals surface area contributed by atoms with Gasteiger partial charge in [-0.05, 0) is 109 Å². The number of unbranched alkanes of at least 4 members (excludes halogenated alkanes) is 32. The molecule has 0 aliphatic heterocycles. The van der Waals surface area contributed by atoms with E-state index in [1.807, 2.05) is 0 Å². The number of allylic oxidation sites excluding steroid dienone is 20. The van der Waals surface area contributed by atoms with Crippen LogP contribution in [0.15, 0.2) is 122 Å². The number of esters is 3. The second-order valence-corrected chi connectivity index (χ2v) is 23.0. The van der Waals surface area contributed by atoms with Gasteiger partial charge in [-0.15, -0.1) is 0 Å². The summed E-state index contributed by atoms with van der Waals surface area (Å²) in [7, 11) is 0. The molecule has 0 N–H and O–H groups in total. The van der Waals surface area contributed by atoms with Crippen molar-refractivity contribution >= 4 is 17.9 Å². The molecule has 1 unspecified atom stereocenters. The van der Waals surface area contributed by atoms with Gasteiger partial charge in [-0.2, -0.15) is 0 Å². The number of carbonyl (C=O) groups excluding carboxylic acids is 3. The Balaban J connectivity index is 4.09. The molecule has 0 fully saturated rings. The van der Waals surface area contributed by atoms with Gasteiger partial charge in [-0.3, -0.25) is 14.4 Å². The molecule has 0 rings (SSSR count). The molecule has 0 saturated carbocycles. The van der Waals surface area contributed by atoms with Crippen LogP contribution >= 0.6 is 0 Å². The van der Waals surface area contributed by atoms with Crippen LogP contribution in [0.25, 0.3) is 0 Å². The lowest BCUT2D eigenvalue weighted by Crippen LogP contribution is -2.30. The van der Waals surface area contributed by atoms with E-state index in [-0.39, 0.29) is 31.1 Å². The minimum absolute atomic E-state index is 0.0768. The molecule has 0 aromatic heterocycles. The Hall–Kier alpha value is -4.19. The molecular formula is C77H130O6. The van der Waals surface area contributed by atoms with E-state index in [9.17, 15) is 14.4 Å². The van der Waals surface area contributed by atoms with E-state index >= 15 is 0 Å². The summed E-state index contributed by atoms with van der Waals surface area (Å²) in [4.78, 5) is 38.2. The Morgan fingerprint density at radius 2 is 0.470 bits per heavy atom. The third-order valence-electron chi connectivity index (χ3n) is 15.0. The third kappa shape index (κ3) is 68.5. The molecule has 0 saturated heterocycles. The summed E-state index contributed by atoms with van der Waals surface area (Å²) in [6.07, 6.45) is 98.2. The summed E-state index contributed by atoms with van der Waals surface area (Å²) in [5.74, 6) is -0.875. The zero-order valence-electron chi connectivity index (χ0n) is 54.4. The Kier molecular flexibility index (Phi) is 66.7. The van der Waals surface area contributed by atoms with Crippen molar-refractivity contribution in [2.45, 2.75) is 335 Å². The van der Waals surface area contributed by atoms with Crippen LogP contribution in [-0.2, 0) is 28.6 Å². The molecular weight excluding hydrogens is 1020 g/mol. The fraction of sp³-hybridized carbons (Fsp3) is 0.701. The fourth-order valence-electron chi connectivity index (χ4n) is 9.79. The number of ether oxygens (including phenoxy) is 3. The van der Waals surface area contributed by atoms with Crippen molar-refractivity contribution in [2.24, 2.45) is 0 Å². The maximum atomic E-state index is 12.9. The Morgan fingerprint density at radius 3 is 0.735 bits per heavy atom. The molecule has 0 aromatic rings. The maximum Gasteiger partial charge on any atom is 0.306 e. The topological polar surface area (TPSA) is 78.9 Å². The normalized spacial score (nSPS) is 12.9. The highest BCUT2D eigenvalue weighted by molar-refractivity contribution is 5.71. The second kappa shape index (κ2) is 70.3. The van der Waals surface area contributed by atoms with Gasteiger partial charge in [0, 0.05) is 19.3 Å². The van der Waals surface area contributed by atoms with E-state index in [1.54, 1.807) is 0 Å². The van der Waals surface area contributed by atoms with Crippen LogP contribution in [0, 0.1) is 0 Å². The lowest BCUT2D eigenvalue weighted by atomic mass is 10.0. The first-order valence-electron chi connectivity index (χ1n) is 35.0. The predicted molar refractivity (Wildman–Crippen MR) is 362 cm³/mol. The first-order valence-corrected chi connectivity index (χ1v) is 35.0. The van der Waals surface area contributed by atoms with E-state index in [4.69, 9.17) is 14.2 Å². The van der Waals surface area contributed by atoms with Gasteiger partial charge in [0.15, 0.2) is 6.10 Å². The van der Waals surface area contributed by atoms with Gasteiger partial charge in [0.1, 0.15) is 13.2 Å². The standard InChI is InChI=1S/C77H130O6/c1-4-7-10-13-16-18-20-22-24-26-28-30-32-34-36-38-40-42-44-46-48-50-52-54-56-58-61-64-67-70-76(79)82-73-74(72-81-75(78)69-66-63-60-15-12-9-6-3)83-77(80)71-68-65-62-59-57-55-53-51-49-47-45-43-41-39-37-35-33-31-29-27-25-23-21-19-17-14-11-8-5-2/h7-8,10-11,16-19,22-25,28-31,34-37,74H,4-6,9,12-15,20-21,26-27,32-33,38-73H2,1-3H3/b10-7-,11-8-,18-16-,19-17-,24-22-,25-23-,30-28-,31-29-,36-34-,37-35-. The van der Waals surface area contributed by atoms with Crippen LogP contribution in [0.2, 0.25) is 0 Å². The van der Waals surface area contributed by atoms with Crippen LogP contribution in [-0.4, -0.2) is 37.2 Å². The summed E-state index contributed by atoms with van der Waals surface area (Å²) in [6.45, 7) is 6.40. The highest BCUT2D eigenvalue weighted by Crippen LogP contribution is 2.17. The van der Waals surface area contributed by atoms with Crippen LogP contribution in [0.3, 0.4) is 0 Å². The molecule has 6 nitrogen and oxygen atoms in total. The van der Waals surface area contributed by atoms with Gasteiger partial charge in [-0.25, -0.2) is 0 Å². The van der Waals surface area contributed by atoms with E-state index in [2.05, 4.69) is 142 Å². The van der Waals surface area contributed by atoms with Gasteiger partial charge in [0.2, 0.25) is 0 Å². The van der Waals surface area contributed by atoms with Crippen molar-refractivity contribution < 1.29 is 28.6 Å². The summed E-state index contributed by atoms with van der Waals surface area (Å²) < 4.78 is 16.9. The summed E-state index contributed by atoms with van der Waals surface area (Å²) in [5.41, 5.74) is 0. The van der Waals surface area contributed by atoms with Crippen molar-refractivity contribution in [2.75, 3.05) is 13.2 Å². The summed E-state index contributed by atoms with van der Waals surface area (Å²) >= 11 is 0. The minimum atomic E-state index is -0.778. The lowest BCUT2D eigenvalue weighted by molar-refractivity contribution is -0.167. The van der Waals surface area contributed by atoms with Gasteiger partial charge in [-0.1, -0.05) is 322 Å². The summed E-state index contributed by atoms with van der Waals surface area (Å²) in [6, 6.07) is 0. The molecule has 0 aromatic carbocycles. The van der Waals surface area contributed by atoms with Crippen LogP contribution in [0.1, 0.15) is 329 Å². The second-order valence-electron chi connectivity index (χ2n) is 23.0. The van der Waals surface area contributed by atoms with Crippen molar-refractivity contribution in [3.63, 3.8) is 0 Å². The monoisotopic (exact) mass is 1150 g/mol. The van der Waals surface area contributed by atoms with E-state index in [0.29, 0.717) is 19.3 Å². The number of hydrogen-bond donors (Lipinski definition) is 0. The average Bonchev–Trinajstić information content (AvgIpc) is 3.49. The Bertz CT molecular complexity index is 1700. The van der Waals surface area contributed by atoms with Crippen LogP contribution < -0.4 is 0 Å². The predicted octanol–water partition coefficient (Wildman–Crippen LogP) is 24.3. The summed E-state index contributed by atoms with van der Waals surface area (Å²) in [5, 5.41) is 0. The highest BCUT2D eigenvalue weighted by Gasteiger charge is 2.19. The molecule has 0 bridgehead atoms. The molecule has 0 heterocycles. The number of hydrogen-bond acceptors (Lipinski definition) is 6. The van der Waals surface area contributed by atoms with Gasteiger partial charge >= 0.3 is 17.9 Å². The Morgan fingerprint density at radius 1 is 0.253 bits per heavy atom. The lowest BCUT2D eigenvalue weighted by Gasteiger charge is -2.18. The van der Waals surface area contributed by atoms with Crippen molar-refractivity contribution in [1.82, 2.24) is 0 Å². The third-order valence-corrected chi connectivity index (χ3v) is 15.0. The highest BCUT2D eigenvalue weighted by atomic mass is 16.6. The molecule has 83 heavy (non-hydrogen) atoms. The molecule has 0 aliphatic rings. The molecule has 0 radical (unpaired) electrons. The van der Waals surface area contributed by atoms with Gasteiger partial charge in [0.25, 0.3) is 0 Å². The quantitative estimate of drug-likeness (QED) is 0.0261. The molecule has 6 heteroatoms. The molecule has 0 amide bonds. The fourth-order valence-corrected chi connectivity index (χ4v) is 9.79. The molecule has 474 valence electrons. The van der Waals surface area contributed by atoms with E-state index in [1.165, 1.54) is 167 Å². The van der Waals surface area contributed by atoms with Crippen LogP contribution in [0.5, 0.6) is 0 Å². The zero-order valence-corrected chi connectivity index (χ0v) is 54.4. The number of rotatable bonds is 63. The average molecular weight is 1150 g/mol. The maximum absolute atomic E-state index is 12.9. The molecule has 1 atom stereocenters. The van der Waals surface area contributed by atoms with Crippen molar-refractivity contribution in [1.29, 1.82) is 0 Å². The number of carbonyl (C=O) groups is 3. The van der Waals surface area contributed by atoms with Gasteiger partial charge < -0.3 is 14.2 Å². The molecule has 0 aliphatic carbocycles.